The average molecular weight is 281 g/mol. The standard InChI is InChI=1S/C17H12FNO2/c18-11-6-7-12-13(8-11)16(21)17(10-4-2-1-3-5-10)14(12)9-15(20)19-17/h1-8,14H,9H2,(H,19,20)/t14-,17-/m1/s1. The van der Waals surface area contributed by atoms with Crippen molar-refractivity contribution in [2.24, 2.45) is 0 Å². The summed E-state index contributed by atoms with van der Waals surface area (Å²) < 4.78 is 13.5. The van der Waals surface area contributed by atoms with Crippen molar-refractivity contribution in [2.75, 3.05) is 0 Å². The lowest BCUT2D eigenvalue weighted by atomic mass is 9.80. The summed E-state index contributed by atoms with van der Waals surface area (Å²) in [6, 6.07) is 13.4. The molecule has 2 atom stereocenters. The molecule has 0 spiro atoms. The van der Waals surface area contributed by atoms with E-state index in [0.717, 1.165) is 11.1 Å². The number of benzene rings is 2. The third-order valence-corrected chi connectivity index (χ3v) is 4.47. The molecule has 3 nitrogen and oxygen atoms in total. The van der Waals surface area contributed by atoms with E-state index in [4.69, 9.17) is 0 Å². The molecule has 0 radical (unpaired) electrons. The minimum absolute atomic E-state index is 0.146. The van der Waals surface area contributed by atoms with E-state index in [9.17, 15) is 14.0 Å². The number of ketones is 1. The topological polar surface area (TPSA) is 46.2 Å². The van der Waals surface area contributed by atoms with E-state index in [-0.39, 0.29) is 24.0 Å². The van der Waals surface area contributed by atoms with Crippen molar-refractivity contribution in [3.05, 3.63) is 71.0 Å². The van der Waals surface area contributed by atoms with Gasteiger partial charge in [0.1, 0.15) is 11.4 Å². The van der Waals surface area contributed by atoms with Crippen LogP contribution in [0.25, 0.3) is 0 Å². The van der Waals surface area contributed by atoms with Crippen LogP contribution in [0.15, 0.2) is 48.5 Å². The molecule has 2 aromatic rings. The van der Waals surface area contributed by atoms with E-state index in [1.54, 1.807) is 6.07 Å². The number of carbonyl (C=O) groups excluding carboxylic acids is 2. The molecule has 2 aromatic carbocycles. The van der Waals surface area contributed by atoms with Crippen LogP contribution >= 0.6 is 0 Å². The van der Waals surface area contributed by atoms with Crippen LogP contribution in [-0.2, 0) is 10.3 Å². The number of Topliss-reactive ketones (excluding diaryl/α,β-unsaturated/α-hetero) is 1. The summed E-state index contributed by atoms with van der Waals surface area (Å²) in [7, 11) is 0. The molecule has 1 heterocycles. The minimum atomic E-state index is -1.07. The Hall–Kier alpha value is -2.49. The summed E-state index contributed by atoms with van der Waals surface area (Å²) in [5.41, 5.74) is 0.809. The van der Waals surface area contributed by atoms with Gasteiger partial charge < -0.3 is 5.32 Å². The molecular formula is C17H12FNO2. The second kappa shape index (κ2) is 4.01. The molecule has 1 fully saturated rings. The zero-order chi connectivity index (χ0) is 14.6. The maximum atomic E-state index is 13.5. The molecule has 1 amide bonds. The van der Waals surface area contributed by atoms with Gasteiger partial charge in [0.05, 0.1) is 0 Å². The van der Waals surface area contributed by atoms with Gasteiger partial charge in [-0.3, -0.25) is 9.59 Å². The summed E-state index contributed by atoms with van der Waals surface area (Å²) in [5, 5.41) is 2.85. The molecule has 0 saturated carbocycles. The van der Waals surface area contributed by atoms with Crippen molar-refractivity contribution in [3.8, 4) is 0 Å². The number of nitrogens with one attached hydrogen (secondary N) is 1. The second-order valence-electron chi connectivity index (χ2n) is 5.54. The molecular weight excluding hydrogens is 269 g/mol. The predicted octanol–water partition coefficient (Wildman–Crippen LogP) is 2.52. The Balaban J connectivity index is 1.98. The molecule has 1 N–H and O–H groups in total. The number of rotatable bonds is 1. The number of amides is 1. The number of fused-ring (bicyclic) bond motifs is 3. The summed E-state index contributed by atoms with van der Waals surface area (Å²) in [5.74, 6) is -1.07. The lowest BCUT2D eigenvalue weighted by molar-refractivity contribution is -0.119. The molecule has 104 valence electrons. The van der Waals surface area contributed by atoms with Crippen LogP contribution in [0.4, 0.5) is 4.39 Å². The van der Waals surface area contributed by atoms with Gasteiger partial charge >= 0.3 is 0 Å². The van der Waals surface area contributed by atoms with E-state index < -0.39 is 11.4 Å². The Morgan fingerprint density at radius 2 is 1.86 bits per heavy atom. The van der Waals surface area contributed by atoms with Gasteiger partial charge in [-0.05, 0) is 23.3 Å². The summed E-state index contributed by atoms with van der Waals surface area (Å²) >= 11 is 0. The maximum absolute atomic E-state index is 13.5. The fraction of sp³-hybridized carbons (Fsp3) is 0.176. The van der Waals surface area contributed by atoms with Crippen molar-refractivity contribution in [1.82, 2.24) is 5.32 Å². The normalized spacial score (nSPS) is 26.4. The van der Waals surface area contributed by atoms with Crippen LogP contribution in [0.5, 0.6) is 0 Å². The van der Waals surface area contributed by atoms with Crippen molar-refractivity contribution < 1.29 is 14.0 Å². The molecule has 1 aliphatic carbocycles. The van der Waals surface area contributed by atoms with Crippen molar-refractivity contribution >= 4 is 11.7 Å². The first-order valence-electron chi connectivity index (χ1n) is 6.84. The Morgan fingerprint density at radius 3 is 2.62 bits per heavy atom. The van der Waals surface area contributed by atoms with Crippen molar-refractivity contribution in [3.63, 3.8) is 0 Å². The molecule has 2 aliphatic rings. The Bertz CT molecular complexity index is 772. The van der Waals surface area contributed by atoms with E-state index in [1.165, 1.54) is 12.1 Å². The van der Waals surface area contributed by atoms with Gasteiger partial charge in [-0.2, -0.15) is 0 Å². The monoisotopic (exact) mass is 281 g/mol. The zero-order valence-corrected chi connectivity index (χ0v) is 11.1. The van der Waals surface area contributed by atoms with Gasteiger partial charge in [0, 0.05) is 17.9 Å². The SMILES string of the molecule is O=C1C[C@@H]2c3ccc(F)cc3C(=O)[C@]2(c2ccccc2)N1. The summed E-state index contributed by atoms with van der Waals surface area (Å²) in [6.07, 6.45) is 0.249. The molecule has 0 unspecified atom stereocenters. The van der Waals surface area contributed by atoms with E-state index in [0.29, 0.717) is 5.56 Å². The highest BCUT2D eigenvalue weighted by Crippen LogP contribution is 2.52. The third-order valence-electron chi connectivity index (χ3n) is 4.47. The fourth-order valence-electron chi connectivity index (χ4n) is 3.60. The third kappa shape index (κ3) is 1.47. The van der Waals surface area contributed by atoms with Crippen molar-refractivity contribution in [1.29, 1.82) is 0 Å². The van der Waals surface area contributed by atoms with E-state index >= 15 is 0 Å². The lowest BCUT2D eigenvalue weighted by Crippen LogP contribution is -2.45. The average Bonchev–Trinajstić information content (AvgIpc) is 2.95. The first-order valence-corrected chi connectivity index (χ1v) is 6.84. The Labute approximate surface area is 120 Å². The van der Waals surface area contributed by atoms with Gasteiger partial charge in [-0.15, -0.1) is 0 Å². The van der Waals surface area contributed by atoms with Crippen molar-refractivity contribution in [2.45, 2.75) is 17.9 Å². The minimum Gasteiger partial charge on any atom is -0.339 e. The van der Waals surface area contributed by atoms with Crippen LogP contribution in [0, 0.1) is 5.82 Å². The fourth-order valence-corrected chi connectivity index (χ4v) is 3.60. The number of halogens is 1. The quantitative estimate of drug-likeness (QED) is 0.873. The van der Waals surface area contributed by atoms with Gasteiger partial charge in [-0.25, -0.2) is 4.39 Å². The lowest BCUT2D eigenvalue weighted by Gasteiger charge is -2.28. The first kappa shape index (κ1) is 12.3. The zero-order valence-electron chi connectivity index (χ0n) is 11.1. The molecule has 1 aliphatic heterocycles. The molecule has 0 aromatic heterocycles. The highest BCUT2D eigenvalue weighted by atomic mass is 19.1. The predicted molar refractivity (Wildman–Crippen MR) is 74.4 cm³/mol. The van der Waals surface area contributed by atoms with Crippen LogP contribution in [0.1, 0.15) is 33.8 Å². The molecule has 1 saturated heterocycles. The Morgan fingerprint density at radius 1 is 1.10 bits per heavy atom. The van der Waals surface area contributed by atoms with E-state index in [2.05, 4.69) is 5.32 Å². The Kier molecular flexibility index (Phi) is 2.34. The van der Waals surface area contributed by atoms with Crippen LogP contribution < -0.4 is 5.32 Å². The van der Waals surface area contributed by atoms with Crippen LogP contribution in [-0.4, -0.2) is 11.7 Å². The molecule has 4 rings (SSSR count). The smallest absolute Gasteiger partial charge is 0.221 e. The highest BCUT2D eigenvalue weighted by molar-refractivity contribution is 6.13. The molecule has 4 heteroatoms. The van der Waals surface area contributed by atoms with E-state index in [1.807, 2.05) is 30.3 Å². The summed E-state index contributed by atoms with van der Waals surface area (Å²) in [6.45, 7) is 0. The molecule has 0 bridgehead atoms. The number of hydrogen-bond donors (Lipinski definition) is 1. The van der Waals surface area contributed by atoms with Gasteiger partial charge in [0.2, 0.25) is 5.91 Å². The first-order chi connectivity index (χ1) is 10.1. The van der Waals surface area contributed by atoms with Crippen LogP contribution in [0.2, 0.25) is 0 Å². The number of carbonyl (C=O) groups is 2. The van der Waals surface area contributed by atoms with Gasteiger partial charge in [0.15, 0.2) is 5.78 Å². The number of hydrogen-bond acceptors (Lipinski definition) is 2. The van der Waals surface area contributed by atoms with Crippen LogP contribution in [0.3, 0.4) is 0 Å². The maximum Gasteiger partial charge on any atom is 0.221 e. The van der Waals surface area contributed by atoms with Gasteiger partial charge in [0.25, 0.3) is 0 Å². The largest absolute Gasteiger partial charge is 0.339 e. The highest BCUT2D eigenvalue weighted by Gasteiger charge is 2.59. The summed E-state index contributed by atoms with van der Waals surface area (Å²) in [4.78, 5) is 24.8. The van der Waals surface area contributed by atoms with Gasteiger partial charge in [-0.1, -0.05) is 36.4 Å². The second-order valence-corrected chi connectivity index (χ2v) is 5.54. The molecule has 21 heavy (non-hydrogen) atoms.